The Morgan fingerprint density at radius 2 is 2.04 bits per heavy atom. The van der Waals surface area contributed by atoms with Crippen LogP contribution in [-0.2, 0) is 26.7 Å². The zero-order valence-corrected chi connectivity index (χ0v) is 16.5. The number of fused-ring (bicyclic) bond motifs is 1. The standard InChI is InChI=1S/C18H24N4O4S/c1-12(18(25)26)21(9-8-19-13(2)23)17(24)10-22-15-7-5-4-6-14(15)20-16(22)11-27-3/h4-7,12H,8-11H2,1-3H3,(H,19,23)(H,25,26). The first-order valence-electron chi connectivity index (χ1n) is 8.55. The molecule has 0 spiro atoms. The quantitative estimate of drug-likeness (QED) is 0.667. The number of hydrogen-bond acceptors (Lipinski definition) is 5. The van der Waals surface area contributed by atoms with Crippen molar-refractivity contribution in [1.29, 1.82) is 0 Å². The Labute approximate surface area is 161 Å². The van der Waals surface area contributed by atoms with E-state index in [2.05, 4.69) is 10.3 Å². The highest BCUT2D eigenvalue weighted by atomic mass is 32.2. The van der Waals surface area contributed by atoms with Gasteiger partial charge in [0.05, 0.1) is 16.8 Å². The lowest BCUT2D eigenvalue weighted by molar-refractivity contribution is -0.149. The average molecular weight is 392 g/mol. The number of carboxylic acid groups (broad SMARTS) is 1. The number of aliphatic carboxylic acids is 1. The van der Waals surface area contributed by atoms with Crippen LogP contribution in [0.2, 0.25) is 0 Å². The monoisotopic (exact) mass is 392 g/mol. The summed E-state index contributed by atoms with van der Waals surface area (Å²) in [5.74, 6) is -0.246. The number of carboxylic acids is 1. The molecule has 1 unspecified atom stereocenters. The second-order valence-corrected chi connectivity index (χ2v) is 6.99. The largest absolute Gasteiger partial charge is 0.480 e. The Kier molecular flexibility index (Phi) is 7.23. The van der Waals surface area contributed by atoms with Crippen LogP contribution in [0, 0.1) is 0 Å². The third kappa shape index (κ3) is 5.22. The highest BCUT2D eigenvalue weighted by Gasteiger charge is 2.26. The number of para-hydroxylation sites is 2. The fourth-order valence-corrected chi connectivity index (χ4v) is 3.27. The number of amides is 2. The van der Waals surface area contributed by atoms with Crippen molar-refractivity contribution >= 4 is 40.6 Å². The van der Waals surface area contributed by atoms with Crippen molar-refractivity contribution in [3.05, 3.63) is 30.1 Å². The summed E-state index contributed by atoms with van der Waals surface area (Å²) in [6, 6.07) is 6.54. The zero-order valence-electron chi connectivity index (χ0n) is 15.6. The Hall–Kier alpha value is -2.55. The molecule has 1 aromatic heterocycles. The molecule has 1 atom stereocenters. The first-order valence-corrected chi connectivity index (χ1v) is 9.94. The van der Waals surface area contributed by atoms with E-state index >= 15 is 0 Å². The zero-order chi connectivity index (χ0) is 20.0. The van der Waals surface area contributed by atoms with Crippen LogP contribution in [0.5, 0.6) is 0 Å². The molecule has 0 aliphatic rings. The van der Waals surface area contributed by atoms with Gasteiger partial charge in [-0.2, -0.15) is 11.8 Å². The lowest BCUT2D eigenvalue weighted by Crippen LogP contribution is -2.48. The van der Waals surface area contributed by atoms with Crippen molar-refractivity contribution in [3.8, 4) is 0 Å². The van der Waals surface area contributed by atoms with E-state index in [4.69, 9.17) is 0 Å². The van der Waals surface area contributed by atoms with E-state index in [1.807, 2.05) is 35.1 Å². The van der Waals surface area contributed by atoms with Crippen molar-refractivity contribution in [2.24, 2.45) is 0 Å². The number of aromatic nitrogens is 2. The molecule has 0 bridgehead atoms. The molecule has 2 amide bonds. The van der Waals surface area contributed by atoms with Gasteiger partial charge in [-0.1, -0.05) is 12.1 Å². The van der Waals surface area contributed by atoms with E-state index in [0.717, 1.165) is 16.9 Å². The molecule has 1 aromatic carbocycles. The molecule has 0 radical (unpaired) electrons. The van der Waals surface area contributed by atoms with Crippen LogP contribution >= 0.6 is 11.8 Å². The number of nitrogens with one attached hydrogen (secondary N) is 1. The second-order valence-electron chi connectivity index (χ2n) is 6.12. The normalized spacial score (nSPS) is 12.0. The van der Waals surface area contributed by atoms with Gasteiger partial charge in [0.25, 0.3) is 0 Å². The second kappa shape index (κ2) is 9.40. The van der Waals surface area contributed by atoms with Gasteiger partial charge >= 0.3 is 5.97 Å². The smallest absolute Gasteiger partial charge is 0.326 e. The van der Waals surface area contributed by atoms with E-state index < -0.39 is 12.0 Å². The SMILES string of the molecule is CSCc1nc2ccccc2n1CC(=O)N(CCNC(C)=O)C(C)C(=O)O. The van der Waals surface area contributed by atoms with Crippen LogP contribution in [0.25, 0.3) is 11.0 Å². The summed E-state index contributed by atoms with van der Waals surface area (Å²) in [6.45, 7) is 3.15. The van der Waals surface area contributed by atoms with E-state index in [9.17, 15) is 19.5 Å². The van der Waals surface area contributed by atoms with Gasteiger partial charge in [-0.15, -0.1) is 0 Å². The van der Waals surface area contributed by atoms with Gasteiger partial charge in [-0.3, -0.25) is 9.59 Å². The number of hydrogen-bond donors (Lipinski definition) is 2. The minimum atomic E-state index is -1.09. The van der Waals surface area contributed by atoms with E-state index in [1.54, 1.807) is 11.8 Å². The Bertz CT molecular complexity index is 836. The predicted molar refractivity (Wildman–Crippen MR) is 104 cm³/mol. The number of thioether (sulfide) groups is 1. The molecule has 8 nitrogen and oxygen atoms in total. The van der Waals surface area contributed by atoms with Crippen LogP contribution in [0.3, 0.4) is 0 Å². The number of carbonyl (C=O) groups is 3. The van der Waals surface area contributed by atoms with Crippen molar-refractivity contribution in [1.82, 2.24) is 19.8 Å². The lowest BCUT2D eigenvalue weighted by atomic mass is 10.2. The third-order valence-corrected chi connectivity index (χ3v) is 4.72. The van der Waals surface area contributed by atoms with Gasteiger partial charge in [-0.05, 0) is 25.3 Å². The summed E-state index contributed by atoms with van der Waals surface area (Å²) in [4.78, 5) is 41.3. The minimum absolute atomic E-state index is 0.00586. The number of imidazole rings is 1. The van der Waals surface area contributed by atoms with Crippen molar-refractivity contribution < 1.29 is 19.5 Å². The van der Waals surface area contributed by atoms with Crippen LogP contribution in [0.4, 0.5) is 0 Å². The minimum Gasteiger partial charge on any atom is -0.480 e. The molecular formula is C18H24N4O4S. The third-order valence-electron chi connectivity index (χ3n) is 4.17. The highest BCUT2D eigenvalue weighted by molar-refractivity contribution is 7.97. The van der Waals surface area contributed by atoms with Gasteiger partial charge < -0.3 is 19.9 Å². The van der Waals surface area contributed by atoms with Gasteiger partial charge in [0.1, 0.15) is 18.4 Å². The number of nitrogens with zero attached hydrogens (tertiary/aromatic N) is 3. The summed E-state index contributed by atoms with van der Waals surface area (Å²) >= 11 is 1.60. The molecule has 9 heteroatoms. The first kappa shape index (κ1) is 20.8. The van der Waals surface area contributed by atoms with Gasteiger partial charge in [0.2, 0.25) is 11.8 Å². The Balaban J connectivity index is 2.27. The maximum Gasteiger partial charge on any atom is 0.326 e. The highest BCUT2D eigenvalue weighted by Crippen LogP contribution is 2.19. The molecule has 146 valence electrons. The molecule has 0 saturated heterocycles. The lowest BCUT2D eigenvalue weighted by Gasteiger charge is -2.27. The van der Waals surface area contributed by atoms with Gasteiger partial charge in [0, 0.05) is 20.0 Å². The summed E-state index contributed by atoms with van der Waals surface area (Å²) in [5.41, 5.74) is 1.63. The fourth-order valence-electron chi connectivity index (χ4n) is 2.79. The summed E-state index contributed by atoms with van der Waals surface area (Å²) in [6.07, 6.45) is 1.96. The van der Waals surface area contributed by atoms with Crippen LogP contribution in [0.1, 0.15) is 19.7 Å². The molecule has 1 heterocycles. The topological polar surface area (TPSA) is 105 Å². The number of benzene rings is 1. The van der Waals surface area contributed by atoms with Gasteiger partial charge in [-0.25, -0.2) is 9.78 Å². The molecule has 0 aliphatic heterocycles. The molecule has 0 saturated carbocycles. The maximum absolute atomic E-state index is 12.9. The first-order chi connectivity index (χ1) is 12.8. The van der Waals surface area contributed by atoms with E-state index in [-0.39, 0.29) is 31.4 Å². The molecule has 0 aliphatic carbocycles. The molecular weight excluding hydrogens is 368 g/mol. The van der Waals surface area contributed by atoms with Crippen LogP contribution in [0.15, 0.2) is 24.3 Å². The molecule has 2 rings (SSSR count). The van der Waals surface area contributed by atoms with Crippen molar-refractivity contribution in [2.75, 3.05) is 19.3 Å². The molecule has 2 N–H and O–H groups in total. The maximum atomic E-state index is 12.9. The summed E-state index contributed by atoms with van der Waals surface area (Å²) < 4.78 is 1.83. The van der Waals surface area contributed by atoms with Crippen LogP contribution in [-0.4, -0.2) is 62.7 Å². The molecule has 2 aromatic rings. The van der Waals surface area contributed by atoms with E-state index in [0.29, 0.717) is 5.75 Å². The summed E-state index contributed by atoms with van der Waals surface area (Å²) in [5, 5.41) is 11.9. The number of rotatable bonds is 9. The summed E-state index contributed by atoms with van der Waals surface area (Å²) in [7, 11) is 0. The van der Waals surface area contributed by atoms with Crippen molar-refractivity contribution in [3.63, 3.8) is 0 Å². The van der Waals surface area contributed by atoms with Crippen LogP contribution < -0.4 is 5.32 Å². The Morgan fingerprint density at radius 1 is 1.33 bits per heavy atom. The number of carbonyl (C=O) groups excluding carboxylic acids is 2. The van der Waals surface area contributed by atoms with Gasteiger partial charge in [0.15, 0.2) is 0 Å². The van der Waals surface area contributed by atoms with E-state index in [1.165, 1.54) is 18.7 Å². The fraction of sp³-hybridized carbons (Fsp3) is 0.444. The average Bonchev–Trinajstić information content (AvgIpc) is 2.95. The van der Waals surface area contributed by atoms with Crippen molar-refractivity contribution in [2.45, 2.75) is 32.2 Å². The predicted octanol–water partition coefficient (Wildman–Crippen LogP) is 1.34. The molecule has 0 fully saturated rings. The Morgan fingerprint density at radius 3 is 2.67 bits per heavy atom. The molecule has 27 heavy (non-hydrogen) atoms.